The summed E-state index contributed by atoms with van der Waals surface area (Å²) >= 11 is 0. The Balaban J connectivity index is 1.65. The van der Waals surface area contributed by atoms with E-state index < -0.39 is 0 Å². The van der Waals surface area contributed by atoms with Gasteiger partial charge in [0.2, 0.25) is 5.91 Å². The molecule has 2 aromatic carbocycles. The summed E-state index contributed by atoms with van der Waals surface area (Å²) in [5.41, 5.74) is 4.53. The van der Waals surface area contributed by atoms with Crippen molar-refractivity contribution >= 4 is 22.7 Å². The average molecular weight is 360 g/mol. The highest BCUT2D eigenvalue weighted by Crippen LogP contribution is 2.34. The first-order valence-electron chi connectivity index (χ1n) is 8.97. The Bertz CT molecular complexity index is 1010. The van der Waals surface area contributed by atoms with Crippen LogP contribution in [0.1, 0.15) is 37.4 Å². The van der Waals surface area contributed by atoms with Gasteiger partial charge in [-0.2, -0.15) is 5.10 Å². The maximum Gasteiger partial charge on any atom is 0.240 e. The maximum atomic E-state index is 12.2. The van der Waals surface area contributed by atoms with Gasteiger partial charge in [0.15, 0.2) is 0 Å². The SMILES string of the molecule is CCOc1ccc(C2=NN(C(C)=O)C(c3ccc4nccnc4c3)C2)cc1. The molecule has 0 saturated carbocycles. The minimum Gasteiger partial charge on any atom is -0.494 e. The first-order valence-corrected chi connectivity index (χ1v) is 8.97. The number of carbonyl (C=O) groups excluding carboxylic acids is 1. The molecule has 27 heavy (non-hydrogen) atoms. The summed E-state index contributed by atoms with van der Waals surface area (Å²) in [6.45, 7) is 4.13. The summed E-state index contributed by atoms with van der Waals surface area (Å²) in [4.78, 5) is 20.9. The third-order valence-corrected chi connectivity index (χ3v) is 4.61. The standard InChI is InChI=1S/C21H20N4O2/c1-3-27-17-7-4-15(5-8-17)19-13-21(25(24-19)14(2)26)16-6-9-18-20(12-16)23-11-10-22-18/h4-12,21H,3,13H2,1-2H3. The quantitative estimate of drug-likeness (QED) is 0.711. The number of rotatable bonds is 4. The van der Waals surface area contributed by atoms with Crippen molar-refractivity contribution < 1.29 is 9.53 Å². The van der Waals surface area contributed by atoms with Gasteiger partial charge in [0, 0.05) is 25.7 Å². The van der Waals surface area contributed by atoms with Crippen LogP contribution in [0.15, 0.2) is 60.0 Å². The highest BCUT2D eigenvalue weighted by atomic mass is 16.5. The fraction of sp³-hybridized carbons (Fsp3) is 0.238. The fourth-order valence-corrected chi connectivity index (χ4v) is 3.33. The number of fused-ring (bicyclic) bond motifs is 1. The second kappa shape index (κ2) is 7.15. The zero-order valence-electron chi connectivity index (χ0n) is 15.3. The molecule has 0 N–H and O–H groups in total. The van der Waals surface area contributed by atoms with Gasteiger partial charge in [0.25, 0.3) is 0 Å². The number of ether oxygens (including phenoxy) is 1. The second-order valence-electron chi connectivity index (χ2n) is 6.39. The lowest BCUT2D eigenvalue weighted by atomic mass is 9.98. The maximum absolute atomic E-state index is 12.2. The van der Waals surface area contributed by atoms with Gasteiger partial charge in [-0.05, 0) is 54.4 Å². The molecule has 1 atom stereocenters. The minimum atomic E-state index is -0.143. The van der Waals surface area contributed by atoms with Crippen LogP contribution in [0.3, 0.4) is 0 Å². The Hall–Kier alpha value is -3.28. The number of aromatic nitrogens is 2. The summed E-state index contributed by atoms with van der Waals surface area (Å²) in [6.07, 6.45) is 4.00. The molecule has 1 amide bonds. The van der Waals surface area contributed by atoms with E-state index in [9.17, 15) is 4.79 Å². The van der Waals surface area contributed by atoms with Gasteiger partial charge in [-0.1, -0.05) is 6.07 Å². The fourth-order valence-electron chi connectivity index (χ4n) is 3.33. The monoisotopic (exact) mass is 360 g/mol. The molecule has 0 radical (unpaired) electrons. The highest BCUT2D eigenvalue weighted by molar-refractivity contribution is 6.03. The highest BCUT2D eigenvalue weighted by Gasteiger charge is 2.31. The molecule has 1 aliphatic heterocycles. The Morgan fingerprint density at radius 2 is 1.85 bits per heavy atom. The van der Waals surface area contributed by atoms with E-state index in [1.165, 1.54) is 0 Å². The summed E-state index contributed by atoms with van der Waals surface area (Å²) in [6, 6.07) is 13.6. The molecule has 136 valence electrons. The third kappa shape index (κ3) is 3.38. The molecule has 0 spiro atoms. The molecule has 2 heterocycles. The van der Waals surface area contributed by atoms with Crippen LogP contribution in [0.25, 0.3) is 11.0 Å². The number of nitrogens with zero attached hydrogens (tertiary/aromatic N) is 4. The van der Waals surface area contributed by atoms with Crippen molar-refractivity contribution in [1.29, 1.82) is 0 Å². The molecule has 0 saturated heterocycles. The van der Waals surface area contributed by atoms with Crippen LogP contribution in [-0.2, 0) is 4.79 Å². The van der Waals surface area contributed by atoms with Crippen molar-refractivity contribution in [3.63, 3.8) is 0 Å². The lowest BCUT2D eigenvalue weighted by Gasteiger charge is -2.20. The van der Waals surface area contributed by atoms with Crippen LogP contribution in [0.4, 0.5) is 0 Å². The number of benzene rings is 2. The predicted molar refractivity (Wildman–Crippen MR) is 104 cm³/mol. The van der Waals surface area contributed by atoms with Crippen LogP contribution >= 0.6 is 0 Å². The van der Waals surface area contributed by atoms with E-state index in [1.807, 2.05) is 49.4 Å². The van der Waals surface area contributed by atoms with Gasteiger partial charge < -0.3 is 4.74 Å². The molecule has 0 fully saturated rings. The summed E-state index contributed by atoms with van der Waals surface area (Å²) < 4.78 is 5.50. The zero-order valence-corrected chi connectivity index (χ0v) is 15.3. The predicted octanol–water partition coefficient (Wildman–Crippen LogP) is 3.73. The van der Waals surface area contributed by atoms with Crippen LogP contribution in [-0.4, -0.2) is 33.2 Å². The molecule has 6 nitrogen and oxygen atoms in total. The Morgan fingerprint density at radius 1 is 1.11 bits per heavy atom. The van der Waals surface area contributed by atoms with E-state index in [0.717, 1.165) is 33.6 Å². The molecular formula is C21H20N4O2. The Kier molecular flexibility index (Phi) is 4.54. The van der Waals surface area contributed by atoms with E-state index in [-0.39, 0.29) is 11.9 Å². The molecule has 4 rings (SSSR count). The topological polar surface area (TPSA) is 67.7 Å². The van der Waals surface area contributed by atoms with Gasteiger partial charge in [-0.25, -0.2) is 5.01 Å². The Labute approximate surface area is 157 Å². The van der Waals surface area contributed by atoms with Crippen molar-refractivity contribution in [2.24, 2.45) is 5.10 Å². The van der Waals surface area contributed by atoms with E-state index >= 15 is 0 Å². The normalized spacial score (nSPS) is 16.4. The Morgan fingerprint density at radius 3 is 2.56 bits per heavy atom. The number of hydrogen-bond donors (Lipinski definition) is 0. The summed E-state index contributed by atoms with van der Waals surface area (Å²) in [5, 5.41) is 6.15. The van der Waals surface area contributed by atoms with Gasteiger partial charge in [-0.3, -0.25) is 14.8 Å². The minimum absolute atomic E-state index is 0.0832. The van der Waals surface area contributed by atoms with Gasteiger partial charge >= 0.3 is 0 Å². The first-order chi connectivity index (χ1) is 13.2. The van der Waals surface area contributed by atoms with Crippen LogP contribution < -0.4 is 4.74 Å². The molecule has 1 aromatic heterocycles. The van der Waals surface area contributed by atoms with Gasteiger partial charge in [-0.15, -0.1) is 0 Å². The van der Waals surface area contributed by atoms with Crippen LogP contribution in [0, 0.1) is 0 Å². The first kappa shape index (κ1) is 17.1. The van der Waals surface area contributed by atoms with Gasteiger partial charge in [0.05, 0.1) is 29.4 Å². The smallest absolute Gasteiger partial charge is 0.240 e. The lowest BCUT2D eigenvalue weighted by Crippen LogP contribution is -2.24. The van der Waals surface area contributed by atoms with Crippen LogP contribution in [0.2, 0.25) is 0 Å². The van der Waals surface area contributed by atoms with Crippen molar-refractivity contribution in [3.8, 4) is 5.75 Å². The molecule has 6 heteroatoms. The molecular weight excluding hydrogens is 340 g/mol. The van der Waals surface area contributed by atoms with Crippen molar-refractivity contribution in [1.82, 2.24) is 15.0 Å². The zero-order chi connectivity index (χ0) is 18.8. The molecule has 3 aromatic rings. The number of carbonyl (C=O) groups is 1. The third-order valence-electron chi connectivity index (χ3n) is 4.61. The molecule has 0 aliphatic carbocycles. The molecule has 0 bridgehead atoms. The summed E-state index contributed by atoms with van der Waals surface area (Å²) in [5.74, 6) is 0.744. The number of hydrogen-bond acceptors (Lipinski definition) is 5. The van der Waals surface area contributed by atoms with Crippen molar-refractivity contribution in [2.75, 3.05) is 6.61 Å². The van der Waals surface area contributed by atoms with E-state index in [2.05, 4.69) is 15.1 Å². The van der Waals surface area contributed by atoms with Crippen molar-refractivity contribution in [2.45, 2.75) is 26.3 Å². The number of amides is 1. The molecule has 1 aliphatic rings. The lowest BCUT2D eigenvalue weighted by molar-refractivity contribution is -0.130. The average Bonchev–Trinajstić information content (AvgIpc) is 3.14. The number of hydrazone groups is 1. The van der Waals surface area contributed by atoms with Crippen LogP contribution in [0.5, 0.6) is 5.75 Å². The van der Waals surface area contributed by atoms with E-state index in [4.69, 9.17) is 4.74 Å². The van der Waals surface area contributed by atoms with Crippen molar-refractivity contribution in [3.05, 3.63) is 66.0 Å². The second-order valence-corrected chi connectivity index (χ2v) is 6.39. The van der Waals surface area contributed by atoms with Gasteiger partial charge in [0.1, 0.15) is 5.75 Å². The summed E-state index contributed by atoms with van der Waals surface area (Å²) in [7, 11) is 0. The largest absolute Gasteiger partial charge is 0.494 e. The molecule has 1 unspecified atom stereocenters. The van der Waals surface area contributed by atoms with E-state index in [1.54, 1.807) is 24.3 Å². The van der Waals surface area contributed by atoms with E-state index in [0.29, 0.717) is 13.0 Å².